The molecule has 0 spiro atoms. The number of piperidine rings is 1. The molecule has 0 radical (unpaired) electrons. The fraction of sp³-hybridized carbons (Fsp3) is 0.476. The summed E-state index contributed by atoms with van der Waals surface area (Å²) in [5, 5.41) is 5.21. The van der Waals surface area contributed by atoms with E-state index in [0.717, 1.165) is 36.5 Å². The van der Waals surface area contributed by atoms with Gasteiger partial charge in [0, 0.05) is 43.2 Å². The molecule has 4 heterocycles. The molecule has 7 heteroatoms. The Morgan fingerprint density at radius 2 is 1.79 bits per heavy atom. The molecule has 0 aliphatic carbocycles. The van der Waals surface area contributed by atoms with Gasteiger partial charge in [0.2, 0.25) is 5.91 Å². The summed E-state index contributed by atoms with van der Waals surface area (Å²) in [6, 6.07) is 9.70. The standard InChI is InChI=1S/C21H26N4O2S/c26-20(16-8-13-25(14-9-16)21(27)24-11-3-4-12-24)23-19(18-7-5-15-28-18)17-6-1-2-10-22-17/h1-2,5-7,10,15-16,19H,3-4,8-9,11-14H2,(H,23,26). The lowest BCUT2D eigenvalue weighted by molar-refractivity contribution is -0.126. The minimum Gasteiger partial charge on any atom is -0.343 e. The molecular formula is C21H26N4O2S. The number of nitrogens with one attached hydrogen (secondary N) is 1. The van der Waals surface area contributed by atoms with Crippen molar-refractivity contribution in [1.29, 1.82) is 0 Å². The normalized spacial score (nSPS) is 18.9. The number of carbonyl (C=O) groups is 2. The molecule has 0 saturated carbocycles. The van der Waals surface area contributed by atoms with Gasteiger partial charge in [-0.05, 0) is 49.3 Å². The van der Waals surface area contributed by atoms with Crippen molar-refractivity contribution in [2.24, 2.45) is 5.92 Å². The van der Waals surface area contributed by atoms with Crippen LogP contribution in [0.15, 0.2) is 41.9 Å². The monoisotopic (exact) mass is 398 g/mol. The molecule has 2 saturated heterocycles. The molecule has 1 N–H and O–H groups in total. The lowest BCUT2D eigenvalue weighted by Crippen LogP contribution is -2.48. The summed E-state index contributed by atoms with van der Waals surface area (Å²) in [6.45, 7) is 3.04. The SMILES string of the molecule is O=C(NC(c1ccccn1)c1cccs1)C1CCN(C(=O)N2CCCC2)CC1. The van der Waals surface area contributed by atoms with Crippen LogP contribution in [0, 0.1) is 5.92 Å². The Morgan fingerprint density at radius 3 is 2.43 bits per heavy atom. The van der Waals surface area contributed by atoms with E-state index in [2.05, 4.69) is 10.3 Å². The van der Waals surface area contributed by atoms with Gasteiger partial charge in [0.15, 0.2) is 0 Å². The summed E-state index contributed by atoms with van der Waals surface area (Å²) in [7, 11) is 0. The molecule has 28 heavy (non-hydrogen) atoms. The van der Waals surface area contributed by atoms with Gasteiger partial charge < -0.3 is 15.1 Å². The van der Waals surface area contributed by atoms with E-state index in [-0.39, 0.29) is 23.9 Å². The Morgan fingerprint density at radius 1 is 1.04 bits per heavy atom. The Hall–Kier alpha value is -2.41. The maximum absolute atomic E-state index is 13.0. The quantitative estimate of drug-likeness (QED) is 0.860. The van der Waals surface area contributed by atoms with Gasteiger partial charge in [-0.1, -0.05) is 12.1 Å². The number of aromatic nitrogens is 1. The number of rotatable bonds is 4. The third-order valence-electron chi connectivity index (χ3n) is 5.61. The van der Waals surface area contributed by atoms with Crippen molar-refractivity contribution < 1.29 is 9.59 Å². The first-order valence-electron chi connectivity index (χ1n) is 10.0. The number of pyridine rings is 1. The first-order chi connectivity index (χ1) is 13.7. The second kappa shape index (κ2) is 8.73. The topological polar surface area (TPSA) is 65.5 Å². The van der Waals surface area contributed by atoms with Crippen LogP contribution in [0.1, 0.15) is 42.3 Å². The van der Waals surface area contributed by atoms with Crippen molar-refractivity contribution in [1.82, 2.24) is 20.1 Å². The first kappa shape index (κ1) is 18.9. The zero-order chi connectivity index (χ0) is 19.3. The zero-order valence-corrected chi connectivity index (χ0v) is 16.7. The molecule has 2 aliphatic heterocycles. The van der Waals surface area contributed by atoms with E-state index in [4.69, 9.17) is 0 Å². The van der Waals surface area contributed by atoms with Gasteiger partial charge in [0.25, 0.3) is 0 Å². The number of hydrogen-bond acceptors (Lipinski definition) is 4. The number of hydrogen-bond donors (Lipinski definition) is 1. The molecule has 148 valence electrons. The van der Waals surface area contributed by atoms with E-state index in [1.807, 2.05) is 45.5 Å². The number of amides is 3. The van der Waals surface area contributed by atoms with Crippen LogP contribution in [0.2, 0.25) is 0 Å². The van der Waals surface area contributed by atoms with Crippen LogP contribution in [-0.4, -0.2) is 52.9 Å². The smallest absolute Gasteiger partial charge is 0.319 e. The molecule has 2 aromatic rings. The molecule has 3 amide bonds. The van der Waals surface area contributed by atoms with Gasteiger partial charge in [0.1, 0.15) is 6.04 Å². The Kier molecular flexibility index (Phi) is 5.90. The highest BCUT2D eigenvalue weighted by Crippen LogP contribution is 2.27. The largest absolute Gasteiger partial charge is 0.343 e. The van der Waals surface area contributed by atoms with Crippen LogP contribution < -0.4 is 5.32 Å². The average Bonchev–Trinajstić information content (AvgIpc) is 3.46. The van der Waals surface area contributed by atoms with Crippen molar-refractivity contribution >= 4 is 23.3 Å². The number of likely N-dealkylation sites (tertiary alicyclic amines) is 2. The van der Waals surface area contributed by atoms with Crippen molar-refractivity contribution in [3.63, 3.8) is 0 Å². The molecule has 2 aromatic heterocycles. The molecule has 1 unspecified atom stereocenters. The second-order valence-corrected chi connectivity index (χ2v) is 8.43. The summed E-state index contributed by atoms with van der Waals surface area (Å²) in [4.78, 5) is 34.9. The Balaban J connectivity index is 1.37. The van der Waals surface area contributed by atoms with Crippen LogP contribution in [0.4, 0.5) is 4.79 Å². The average molecular weight is 399 g/mol. The predicted octanol–water partition coefficient (Wildman–Crippen LogP) is 3.28. The van der Waals surface area contributed by atoms with Crippen LogP contribution in [-0.2, 0) is 4.79 Å². The highest BCUT2D eigenvalue weighted by atomic mass is 32.1. The van der Waals surface area contributed by atoms with Crippen LogP contribution in [0.25, 0.3) is 0 Å². The maximum atomic E-state index is 13.0. The maximum Gasteiger partial charge on any atom is 0.319 e. The van der Waals surface area contributed by atoms with Crippen molar-refractivity contribution in [2.45, 2.75) is 31.7 Å². The summed E-state index contributed by atoms with van der Waals surface area (Å²) < 4.78 is 0. The third kappa shape index (κ3) is 4.19. The van der Waals surface area contributed by atoms with Gasteiger partial charge >= 0.3 is 6.03 Å². The number of urea groups is 1. The Bertz CT molecular complexity index is 782. The molecule has 2 fully saturated rings. The summed E-state index contributed by atoms with van der Waals surface area (Å²) >= 11 is 1.62. The van der Waals surface area contributed by atoms with Gasteiger partial charge in [-0.15, -0.1) is 11.3 Å². The first-order valence-corrected chi connectivity index (χ1v) is 10.9. The number of thiophene rings is 1. The Labute approximate surface area is 169 Å². The summed E-state index contributed by atoms with van der Waals surface area (Å²) in [5.41, 5.74) is 0.847. The van der Waals surface area contributed by atoms with E-state index in [1.165, 1.54) is 0 Å². The summed E-state index contributed by atoms with van der Waals surface area (Å²) in [5.74, 6) is -0.00822. The van der Waals surface area contributed by atoms with E-state index >= 15 is 0 Å². The molecule has 0 aromatic carbocycles. The second-order valence-electron chi connectivity index (χ2n) is 7.45. The van der Waals surface area contributed by atoms with Gasteiger partial charge in [-0.2, -0.15) is 0 Å². The molecule has 6 nitrogen and oxygen atoms in total. The molecular weight excluding hydrogens is 372 g/mol. The molecule has 1 atom stereocenters. The molecule has 4 rings (SSSR count). The molecule has 0 bridgehead atoms. The van der Waals surface area contributed by atoms with Gasteiger partial charge in [-0.3, -0.25) is 9.78 Å². The number of nitrogens with zero attached hydrogens (tertiary/aromatic N) is 3. The highest BCUT2D eigenvalue weighted by molar-refractivity contribution is 7.10. The minimum atomic E-state index is -0.224. The van der Waals surface area contributed by atoms with E-state index in [9.17, 15) is 9.59 Å². The third-order valence-corrected chi connectivity index (χ3v) is 6.55. The zero-order valence-electron chi connectivity index (χ0n) is 15.9. The minimum absolute atomic E-state index is 0.0531. The summed E-state index contributed by atoms with van der Waals surface area (Å²) in [6.07, 6.45) is 5.38. The molecule has 2 aliphatic rings. The van der Waals surface area contributed by atoms with Crippen LogP contribution >= 0.6 is 11.3 Å². The lowest BCUT2D eigenvalue weighted by atomic mass is 9.95. The van der Waals surface area contributed by atoms with Gasteiger partial charge in [0.05, 0.1) is 5.69 Å². The number of carbonyl (C=O) groups excluding carboxylic acids is 2. The van der Waals surface area contributed by atoms with Crippen LogP contribution in [0.5, 0.6) is 0 Å². The van der Waals surface area contributed by atoms with Crippen molar-refractivity contribution in [3.8, 4) is 0 Å². The fourth-order valence-electron chi connectivity index (χ4n) is 3.99. The van der Waals surface area contributed by atoms with E-state index < -0.39 is 0 Å². The predicted molar refractivity (Wildman–Crippen MR) is 109 cm³/mol. The van der Waals surface area contributed by atoms with Crippen LogP contribution in [0.3, 0.4) is 0 Å². The lowest BCUT2D eigenvalue weighted by Gasteiger charge is -2.34. The fourth-order valence-corrected chi connectivity index (χ4v) is 4.78. The highest BCUT2D eigenvalue weighted by Gasteiger charge is 2.31. The van der Waals surface area contributed by atoms with Crippen molar-refractivity contribution in [3.05, 3.63) is 52.5 Å². The van der Waals surface area contributed by atoms with E-state index in [0.29, 0.717) is 25.9 Å². The van der Waals surface area contributed by atoms with E-state index in [1.54, 1.807) is 17.5 Å². The van der Waals surface area contributed by atoms with Gasteiger partial charge in [-0.25, -0.2) is 4.79 Å². The van der Waals surface area contributed by atoms with Crippen molar-refractivity contribution in [2.75, 3.05) is 26.2 Å².